The number of carbonyl (C=O) groups excluding carboxylic acids is 2. The maximum Gasteiger partial charge on any atom is 0.301 e. The van der Waals surface area contributed by atoms with Gasteiger partial charge in [0.1, 0.15) is 11.6 Å². The number of rotatable bonds is 3. The van der Waals surface area contributed by atoms with Crippen LogP contribution in [-0.2, 0) is 9.59 Å². The molecule has 32 heavy (non-hydrogen) atoms. The standard InChI is InChI=1S/C24H14BrFN2O3S/c25-15-8-11-17-18(12-15)32-24(27-17)28-20(13-6-9-16(26)10-7-13)19(22(30)23(28)31)21(29)14-4-2-1-3-5-14/h1-12,20,29H/b21-19+. The number of carbonyl (C=O) groups is 2. The van der Waals surface area contributed by atoms with E-state index in [9.17, 15) is 19.1 Å². The summed E-state index contributed by atoms with van der Waals surface area (Å²) in [6.07, 6.45) is 0. The molecule has 1 fully saturated rings. The Morgan fingerprint density at radius 3 is 2.47 bits per heavy atom. The summed E-state index contributed by atoms with van der Waals surface area (Å²) < 4.78 is 15.3. The van der Waals surface area contributed by atoms with Gasteiger partial charge in [-0.05, 0) is 35.9 Å². The van der Waals surface area contributed by atoms with Crippen LogP contribution in [0.25, 0.3) is 16.0 Å². The van der Waals surface area contributed by atoms with E-state index in [4.69, 9.17) is 0 Å². The van der Waals surface area contributed by atoms with Gasteiger partial charge < -0.3 is 5.11 Å². The summed E-state index contributed by atoms with van der Waals surface area (Å²) in [6.45, 7) is 0. The highest BCUT2D eigenvalue weighted by Gasteiger charge is 2.48. The van der Waals surface area contributed by atoms with Crippen molar-refractivity contribution in [2.75, 3.05) is 4.90 Å². The molecule has 1 saturated heterocycles. The van der Waals surface area contributed by atoms with Gasteiger partial charge in [-0.1, -0.05) is 69.7 Å². The molecule has 0 saturated carbocycles. The molecular weight excluding hydrogens is 495 g/mol. The van der Waals surface area contributed by atoms with E-state index in [0.29, 0.717) is 21.8 Å². The number of benzene rings is 3. The number of fused-ring (bicyclic) bond motifs is 1. The topological polar surface area (TPSA) is 70.5 Å². The predicted octanol–water partition coefficient (Wildman–Crippen LogP) is 5.82. The molecule has 1 aliphatic rings. The van der Waals surface area contributed by atoms with Gasteiger partial charge in [0.15, 0.2) is 5.13 Å². The Morgan fingerprint density at radius 1 is 1.03 bits per heavy atom. The number of aliphatic hydroxyl groups is 1. The van der Waals surface area contributed by atoms with Gasteiger partial charge >= 0.3 is 5.91 Å². The number of hydrogen-bond donors (Lipinski definition) is 1. The van der Waals surface area contributed by atoms with Gasteiger partial charge in [-0.3, -0.25) is 14.5 Å². The number of halogens is 2. The van der Waals surface area contributed by atoms with Gasteiger partial charge in [0.2, 0.25) is 0 Å². The molecule has 3 aromatic carbocycles. The number of hydrogen-bond acceptors (Lipinski definition) is 5. The Hall–Kier alpha value is -3.36. The third kappa shape index (κ3) is 3.41. The third-order valence-electron chi connectivity index (χ3n) is 5.22. The first-order chi connectivity index (χ1) is 15.4. The Kier molecular flexibility index (Phi) is 5.11. The molecule has 8 heteroatoms. The number of nitrogens with zero attached hydrogens (tertiary/aromatic N) is 2. The zero-order chi connectivity index (χ0) is 22.4. The van der Waals surface area contributed by atoms with Gasteiger partial charge in [-0.25, -0.2) is 9.37 Å². The highest BCUT2D eigenvalue weighted by Crippen LogP contribution is 2.44. The largest absolute Gasteiger partial charge is 0.507 e. The number of anilines is 1. The van der Waals surface area contributed by atoms with Crippen molar-refractivity contribution in [1.29, 1.82) is 0 Å². The molecule has 1 unspecified atom stereocenters. The fraction of sp³-hybridized carbons (Fsp3) is 0.0417. The van der Waals surface area contributed by atoms with Gasteiger partial charge in [-0.15, -0.1) is 0 Å². The van der Waals surface area contributed by atoms with Crippen LogP contribution in [0.2, 0.25) is 0 Å². The van der Waals surface area contributed by atoms with Crippen LogP contribution in [0.3, 0.4) is 0 Å². The van der Waals surface area contributed by atoms with Crippen molar-refractivity contribution in [2.24, 2.45) is 0 Å². The number of aliphatic hydroxyl groups excluding tert-OH is 1. The monoisotopic (exact) mass is 508 g/mol. The van der Waals surface area contributed by atoms with E-state index in [-0.39, 0.29) is 11.3 Å². The first kappa shape index (κ1) is 20.5. The van der Waals surface area contributed by atoms with Crippen LogP contribution in [-0.4, -0.2) is 21.8 Å². The normalized spacial score (nSPS) is 17.9. The number of amides is 1. The summed E-state index contributed by atoms with van der Waals surface area (Å²) in [6, 6.07) is 18.6. The molecule has 1 aliphatic heterocycles. The lowest BCUT2D eigenvalue weighted by Crippen LogP contribution is -2.29. The fourth-order valence-electron chi connectivity index (χ4n) is 3.73. The van der Waals surface area contributed by atoms with E-state index < -0.39 is 23.5 Å². The van der Waals surface area contributed by atoms with Gasteiger partial charge in [0.25, 0.3) is 5.78 Å². The Labute approximate surface area is 194 Å². The summed E-state index contributed by atoms with van der Waals surface area (Å²) in [5.74, 6) is -2.35. The average Bonchev–Trinajstić information content (AvgIpc) is 3.32. The predicted molar refractivity (Wildman–Crippen MR) is 125 cm³/mol. The van der Waals surface area contributed by atoms with Gasteiger partial charge in [0, 0.05) is 10.0 Å². The minimum absolute atomic E-state index is 0.0618. The Morgan fingerprint density at radius 2 is 1.75 bits per heavy atom. The molecule has 0 spiro atoms. The molecule has 1 atom stereocenters. The van der Waals surface area contributed by atoms with Crippen molar-refractivity contribution in [3.05, 3.63) is 99.8 Å². The molecule has 0 bridgehead atoms. The minimum atomic E-state index is -0.945. The van der Waals surface area contributed by atoms with Crippen LogP contribution in [0.1, 0.15) is 17.2 Å². The third-order valence-corrected chi connectivity index (χ3v) is 6.73. The number of ketones is 1. The lowest BCUT2D eigenvalue weighted by Gasteiger charge is -2.22. The van der Waals surface area contributed by atoms with E-state index in [1.54, 1.807) is 30.3 Å². The SMILES string of the molecule is O=C1C(=O)N(c2nc3ccc(Br)cc3s2)C(c2ccc(F)cc2)/C1=C(\O)c1ccccc1. The molecular formula is C24H14BrFN2O3S. The fourth-order valence-corrected chi connectivity index (χ4v) is 5.28. The maximum absolute atomic E-state index is 13.6. The van der Waals surface area contributed by atoms with E-state index in [2.05, 4.69) is 20.9 Å². The number of thiazole rings is 1. The maximum atomic E-state index is 13.6. The first-order valence-electron chi connectivity index (χ1n) is 9.62. The van der Waals surface area contributed by atoms with Crippen LogP contribution < -0.4 is 4.90 Å². The highest BCUT2D eigenvalue weighted by atomic mass is 79.9. The zero-order valence-corrected chi connectivity index (χ0v) is 18.7. The van der Waals surface area contributed by atoms with Crippen LogP contribution in [0.5, 0.6) is 0 Å². The Balaban J connectivity index is 1.73. The molecule has 0 aliphatic carbocycles. The summed E-state index contributed by atoms with van der Waals surface area (Å²) in [4.78, 5) is 32.1. The lowest BCUT2D eigenvalue weighted by molar-refractivity contribution is -0.132. The molecule has 5 nitrogen and oxygen atoms in total. The quantitative estimate of drug-likeness (QED) is 0.215. The summed E-state index contributed by atoms with van der Waals surface area (Å²) in [7, 11) is 0. The minimum Gasteiger partial charge on any atom is -0.507 e. The molecule has 0 radical (unpaired) electrons. The number of aromatic nitrogens is 1. The van der Waals surface area contributed by atoms with Crippen molar-refractivity contribution >= 4 is 60.1 Å². The molecule has 1 aromatic heterocycles. The molecule has 4 aromatic rings. The van der Waals surface area contributed by atoms with Gasteiger partial charge in [0.05, 0.1) is 21.8 Å². The van der Waals surface area contributed by atoms with E-state index in [0.717, 1.165) is 9.17 Å². The molecule has 5 rings (SSSR count). The van der Waals surface area contributed by atoms with Crippen molar-refractivity contribution in [3.8, 4) is 0 Å². The smallest absolute Gasteiger partial charge is 0.301 e. The molecule has 1 N–H and O–H groups in total. The molecule has 1 amide bonds. The van der Waals surface area contributed by atoms with E-state index in [1.165, 1.54) is 40.5 Å². The average molecular weight is 509 g/mol. The van der Waals surface area contributed by atoms with Gasteiger partial charge in [-0.2, -0.15) is 0 Å². The van der Waals surface area contributed by atoms with Crippen molar-refractivity contribution in [1.82, 2.24) is 4.98 Å². The number of Topliss-reactive ketones (excluding diaryl/α,β-unsaturated/α-hetero) is 1. The van der Waals surface area contributed by atoms with Crippen molar-refractivity contribution < 1.29 is 19.1 Å². The molecule has 158 valence electrons. The second-order valence-electron chi connectivity index (χ2n) is 7.20. The zero-order valence-electron chi connectivity index (χ0n) is 16.3. The molecule has 2 heterocycles. The second-order valence-corrected chi connectivity index (χ2v) is 9.12. The van der Waals surface area contributed by atoms with E-state index in [1.807, 2.05) is 18.2 Å². The summed E-state index contributed by atoms with van der Waals surface area (Å²) in [5, 5.41) is 11.3. The van der Waals surface area contributed by atoms with Crippen LogP contribution in [0, 0.1) is 5.82 Å². The van der Waals surface area contributed by atoms with Crippen LogP contribution in [0.4, 0.5) is 9.52 Å². The van der Waals surface area contributed by atoms with Crippen LogP contribution in [0.15, 0.2) is 82.8 Å². The highest BCUT2D eigenvalue weighted by molar-refractivity contribution is 9.10. The summed E-state index contributed by atoms with van der Waals surface area (Å²) >= 11 is 4.68. The van der Waals surface area contributed by atoms with E-state index >= 15 is 0 Å². The van der Waals surface area contributed by atoms with Crippen molar-refractivity contribution in [2.45, 2.75) is 6.04 Å². The van der Waals surface area contributed by atoms with Crippen molar-refractivity contribution in [3.63, 3.8) is 0 Å². The Bertz CT molecular complexity index is 1400. The lowest BCUT2D eigenvalue weighted by atomic mass is 9.95. The summed E-state index contributed by atoms with van der Waals surface area (Å²) in [5.41, 5.74) is 1.51. The first-order valence-corrected chi connectivity index (χ1v) is 11.2. The van der Waals surface area contributed by atoms with Crippen LogP contribution >= 0.6 is 27.3 Å². The second kappa shape index (κ2) is 7.96.